The van der Waals surface area contributed by atoms with Gasteiger partial charge in [-0.15, -0.1) is 0 Å². The van der Waals surface area contributed by atoms with Gasteiger partial charge in [-0.3, -0.25) is 0 Å². The van der Waals surface area contributed by atoms with E-state index in [2.05, 4.69) is 32.4 Å². The third kappa shape index (κ3) is 6.06. The van der Waals surface area contributed by atoms with Crippen molar-refractivity contribution >= 4 is 10.0 Å². The van der Waals surface area contributed by atoms with Crippen LogP contribution in [0, 0.1) is 17.8 Å². The summed E-state index contributed by atoms with van der Waals surface area (Å²) in [7, 11) is -3.19. The summed E-state index contributed by atoms with van der Waals surface area (Å²) >= 11 is 0. The van der Waals surface area contributed by atoms with Crippen molar-refractivity contribution in [2.24, 2.45) is 17.8 Å². The summed E-state index contributed by atoms with van der Waals surface area (Å²) in [6, 6.07) is 9.72. The van der Waals surface area contributed by atoms with Gasteiger partial charge in [-0.05, 0) is 29.7 Å². The predicted octanol–water partition coefficient (Wildman–Crippen LogP) is 3.08. The van der Waals surface area contributed by atoms with Crippen molar-refractivity contribution in [2.45, 2.75) is 34.1 Å². The third-order valence-electron chi connectivity index (χ3n) is 3.75. The van der Waals surface area contributed by atoms with Gasteiger partial charge in [0, 0.05) is 6.54 Å². The number of hydrogen-bond acceptors (Lipinski definition) is 2. The minimum atomic E-state index is -3.19. The molecule has 0 saturated carbocycles. The van der Waals surface area contributed by atoms with Gasteiger partial charge >= 0.3 is 0 Å². The number of sulfonamides is 1. The van der Waals surface area contributed by atoms with E-state index in [1.165, 1.54) is 0 Å². The molecule has 0 unspecified atom stereocenters. The van der Waals surface area contributed by atoms with Crippen molar-refractivity contribution in [1.82, 2.24) is 4.72 Å². The Hall–Kier alpha value is -0.870. The lowest BCUT2D eigenvalue weighted by Gasteiger charge is -2.25. The second kappa shape index (κ2) is 7.79. The summed E-state index contributed by atoms with van der Waals surface area (Å²) < 4.78 is 26.8. The number of benzene rings is 1. The number of aryl methyl sites for hydroxylation is 1. The van der Waals surface area contributed by atoms with Crippen LogP contribution in [-0.4, -0.2) is 20.7 Å². The zero-order valence-electron chi connectivity index (χ0n) is 13.0. The van der Waals surface area contributed by atoms with Crippen LogP contribution in [0.3, 0.4) is 0 Å². The van der Waals surface area contributed by atoms with Crippen LogP contribution in [0.25, 0.3) is 0 Å². The molecule has 4 heteroatoms. The monoisotopic (exact) mass is 297 g/mol. The topological polar surface area (TPSA) is 46.2 Å². The highest BCUT2D eigenvalue weighted by atomic mass is 32.2. The Morgan fingerprint density at radius 2 is 1.55 bits per heavy atom. The second-order valence-corrected chi connectivity index (χ2v) is 7.98. The lowest BCUT2D eigenvalue weighted by molar-refractivity contribution is 0.289. The fraction of sp³-hybridized carbons (Fsp3) is 0.625. The van der Waals surface area contributed by atoms with Gasteiger partial charge in [0.1, 0.15) is 0 Å². The molecule has 1 rings (SSSR count). The molecule has 1 aromatic rings. The van der Waals surface area contributed by atoms with Crippen molar-refractivity contribution in [1.29, 1.82) is 0 Å². The van der Waals surface area contributed by atoms with Gasteiger partial charge in [0.2, 0.25) is 10.0 Å². The molecule has 0 atom stereocenters. The van der Waals surface area contributed by atoms with Gasteiger partial charge in [-0.2, -0.15) is 0 Å². The van der Waals surface area contributed by atoms with Crippen molar-refractivity contribution in [3.63, 3.8) is 0 Å². The Balaban J connectivity index is 2.49. The first kappa shape index (κ1) is 17.2. The van der Waals surface area contributed by atoms with Crippen molar-refractivity contribution in [2.75, 3.05) is 12.3 Å². The molecule has 0 spiro atoms. The number of rotatable bonds is 8. The van der Waals surface area contributed by atoms with Crippen molar-refractivity contribution in [3.05, 3.63) is 35.9 Å². The van der Waals surface area contributed by atoms with E-state index in [0.29, 0.717) is 30.7 Å². The van der Waals surface area contributed by atoms with Gasteiger partial charge in [0.15, 0.2) is 0 Å². The van der Waals surface area contributed by atoms with E-state index in [0.717, 1.165) is 5.56 Å². The molecule has 0 saturated heterocycles. The summed E-state index contributed by atoms with van der Waals surface area (Å²) in [4.78, 5) is 0. The maximum Gasteiger partial charge on any atom is 0.211 e. The Bertz CT molecular complexity index is 472. The van der Waals surface area contributed by atoms with Gasteiger partial charge in [0.05, 0.1) is 5.75 Å². The van der Waals surface area contributed by atoms with E-state index in [4.69, 9.17) is 0 Å². The number of nitrogens with one attached hydrogen (secondary N) is 1. The first-order valence-corrected chi connectivity index (χ1v) is 8.98. The van der Waals surface area contributed by atoms with E-state index in [1.54, 1.807) is 0 Å². The quantitative estimate of drug-likeness (QED) is 0.801. The smallest absolute Gasteiger partial charge is 0.211 e. The lowest BCUT2D eigenvalue weighted by Crippen LogP contribution is -2.35. The van der Waals surface area contributed by atoms with Crippen LogP contribution in [0.4, 0.5) is 0 Å². The van der Waals surface area contributed by atoms with Crippen LogP contribution >= 0.6 is 0 Å². The average molecular weight is 297 g/mol. The highest BCUT2D eigenvalue weighted by Crippen LogP contribution is 2.19. The first-order chi connectivity index (χ1) is 9.32. The van der Waals surface area contributed by atoms with Gasteiger partial charge in [-0.1, -0.05) is 58.0 Å². The molecule has 1 aromatic carbocycles. The maximum absolute atomic E-state index is 12.0. The predicted molar refractivity (Wildman–Crippen MR) is 85.1 cm³/mol. The Kier molecular flexibility index (Phi) is 6.69. The Labute approximate surface area is 123 Å². The third-order valence-corrected chi connectivity index (χ3v) is 5.10. The van der Waals surface area contributed by atoms with Crippen molar-refractivity contribution in [3.8, 4) is 0 Å². The van der Waals surface area contributed by atoms with Crippen LogP contribution < -0.4 is 4.72 Å². The standard InChI is InChI=1S/C16H27NO2S/c1-13(2)16(14(3)4)12-17-20(18,19)11-10-15-8-6-5-7-9-15/h5-9,13-14,16-17H,10-12H2,1-4H3. The van der Waals surface area contributed by atoms with Crippen LogP contribution in [0.15, 0.2) is 30.3 Å². The zero-order chi connectivity index (χ0) is 15.2. The summed E-state index contributed by atoms with van der Waals surface area (Å²) in [5.74, 6) is 1.49. The highest BCUT2D eigenvalue weighted by molar-refractivity contribution is 7.89. The van der Waals surface area contributed by atoms with E-state index >= 15 is 0 Å². The molecule has 0 heterocycles. The van der Waals surface area contributed by atoms with Crippen LogP contribution in [0.1, 0.15) is 33.3 Å². The molecule has 1 N–H and O–H groups in total. The summed E-state index contributed by atoms with van der Waals surface area (Å²) in [6.45, 7) is 9.10. The molecular formula is C16H27NO2S. The second-order valence-electron chi connectivity index (χ2n) is 6.05. The summed E-state index contributed by atoms with van der Waals surface area (Å²) in [5, 5.41) is 0. The fourth-order valence-electron chi connectivity index (χ4n) is 2.43. The Morgan fingerprint density at radius 1 is 1.00 bits per heavy atom. The SMILES string of the molecule is CC(C)C(CNS(=O)(=O)CCc1ccccc1)C(C)C. The fourth-order valence-corrected chi connectivity index (χ4v) is 3.53. The van der Waals surface area contributed by atoms with Crippen LogP contribution in [-0.2, 0) is 16.4 Å². The average Bonchev–Trinajstić information content (AvgIpc) is 2.37. The largest absolute Gasteiger partial charge is 0.215 e. The van der Waals surface area contributed by atoms with E-state index in [9.17, 15) is 8.42 Å². The zero-order valence-corrected chi connectivity index (χ0v) is 13.8. The van der Waals surface area contributed by atoms with E-state index in [-0.39, 0.29) is 5.75 Å². The molecule has 0 fully saturated rings. The van der Waals surface area contributed by atoms with Crippen molar-refractivity contribution < 1.29 is 8.42 Å². The van der Waals surface area contributed by atoms with Gasteiger partial charge < -0.3 is 0 Å². The van der Waals surface area contributed by atoms with E-state index in [1.807, 2.05) is 30.3 Å². The summed E-state index contributed by atoms with van der Waals surface area (Å²) in [6.07, 6.45) is 0.560. The molecule has 0 aliphatic carbocycles. The molecule has 0 bridgehead atoms. The summed E-state index contributed by atoms with van der Waals surface area (Å²) in [5.41, 5.74) is 1.06. The molecule has 114 valence electrons. The van der Waals surface area contributed by atoms with Crippen LogP contribution in [0.5, 0.6) is 0 Å². The normalized spacial score (nSPS) is 12.6. The maximum atomic E-state index is 12.0. The molecule has 0 aliphatic heterocycles. The molecule has 0 aromatic heterocycles. The molecule has 0 aliphatic rings. The molecule has 0 amide bonds. The lowest BCUT2D eigenvalue weighted by atomic mass is 9.86. The van der Waals surface area contributed by atoms with Gasteiger partial charge in [-0.25, -0.2) is 13.1 Å². The van der Waals surface area contributed by atoms with Gasteiger partial charge in [0.25, 0.3) is 0 Å². The minimum Gasteiger partial charge on any atom is -0.215 e. The minimum absolute atomic E-state index is 0.153. The molecule has 20 heavy (non-hydrogen) atoms. The van der Waals surface area contributed by atoms with Crippen LogP contribution in [0.2, 0.25) is 0 Å². The first-order valence-electron chi connectivity index (χ1n) is 7.33. The number of hydrogen-bond donors (Lipinski definition) is 1. The molecule has 3 nitrogen and oxygen atoms in total. The molecule has 0 radical (unpaired) electrons. The molecular weight excluding hydrogens is 270 g/mol. The van der Waals surface area contributed by atoms with E-state index < -0.39 is 10.0 Å². The highest BCUT2D eigenvalue weighted by Gasteiger charge is 2.20. The Morgan fingerprint density at radius 3 is 2.05 bits per heavy atom.